The Morgan fingerprint density at radius 3 is 1.75 bits per heavy atom. The van der Waals surface area contributed by atoms with E-state index in [-0.39, 0.29) is 17.4 Å². The van der Waals surface area contributed by atoms with Crippen LogP contribution in [0.1, 0.15) is 0 Å². The average Bonchev–Trinajstić information content (AvgIpc) is 0.918. The van der Waals surface area contributed by atoms with Gasteiger partial charge in [-0.15, -0.1) is 0 Å². The van der Waals surface area contributed by atoms with Crippen LogP contribution in [-0.4, -0.2) is 61.2 Å². The van der Waals surface area contributed by atoms with Crippen LogP contribution in [0.4, 0.5) is 0 Å². The van der Waals surface area contributed by atoms with Gasteiger partial charge in [0.05, 0.1) is 0 Å². The van der Waals surface area contributed by atoms with E-state index in [4.69, 9.17) is 0 Å². The van der Waals surface area contributed by atoms with Gasteiger partial charge in [-0.25, -0.2) is 0 Å². The fourth-order valence-electron chi connectivity index (χ4n) is 0. The van der Waals surface area contributed by atoms with Gasteiger partial charge in [0.15, 0.2) is 17.4 Å². The molecule has 0 rings (SSSR count). The fourth-order valence-corrected chi connectivity index (χ4v) is 0. The maximum absolute atomic E-state index is 1.58. The zero-order valence-corrected chi connectivity index (χ0v) is 10.2. The van der Waals surface area contributed by atoms with Crippen LogP contribution in [0.3, 0.4) is 0 Å². The fraction of sp³-hybridized carbons (Fsp3) is 0. The van der Waals surface area contributed by atoms with E-state index in [9.17, 15) is 0 Å². The van der Waals surface area contributed by atoms with Crippen LogP contribution in [0.25, 0.3) is 0 Å². The van der Waals surface area contributed by atoms with E-state index >= 15 is 0 Å². The first kappa shape index (κ1) is 9.64. The number of rotatable bonds is 0. The Kier molecular flexibility index (Phi) is 21.8. The third-order valence-electron chi connectivity index (χ3n) is 0. The molecule has 0 bridgehead atoms. The van der Waals surface area contributed by atoms with E-state index in [1.54, 1.807) is 7.89 Å². The summed E-state index contributed by atoms with van der Waals surface area (Å²) in [5, 5.41) is 0. The molecule has 0 spiro atoms. The third kappa shape index (κ3) is 8.83. The Bertz CT molecular complexity index is 8.00. The Morgan fingerprint density at radius 1 is 1.75 bits per heavy atom. The van der Waals surface area contributed by atoms with Gasteiger partial charge in [0.25, 0.3) is 0 Å². The molecular formula is H8AlBiMgSi. The van der Waals surface area contributed by atoms with Crippen LogP contribution >= 0.6 is 0 Å². The molecule has 0 aromatic rings. The van der Waals surface area contributed by atoms with Crippen molar-refractivity contribution in [2.75, 3.05) is 0 Å². The van der Waals surface area contributed by atoms with Crippen molar-refractivity contribution in [3.8, 4) is 0 Å². The Labute approximate surface area is 60.1 Å². The second-order valence-electron chi connectivity index (χ2n) is 0.408. The van der Waals surface area contributed by atoms with E-state index in [0.29, 0.717) is 0 Å². The molecule has 0 aliphatic carbocycles. The molecule has 0 nitrogen and oxygen atoms in total. The zero-order valence-electron chi connectivity index (χ0n) is 2.28. The van der Waals surface area contributed by atoms with Crippen molar-refractivity contribution in [1.29, 1.82) is 0 Å². The minimum atomic E-state index is 0. The van der Waals surface area contributed by atoms with Crippen molar-refractivity contribution in [3.05, 3.63) is 0 Å². The molecule has 4 heteroatoms. The summed E-state index contributed by atoms with van der Waals surface area (Å²) in [5.41, 5.74) is 0. The first-order chi connectivity index (χ1) is 1.41. The van der Waals surface area contributed by atoms with Crippen molar-refractivity contribution in [1.82, 2.24) is 0 Å². The van der Waals surface area contributed by atoms with Crippen LogP contribution in [0.5, 0.6) is 0 Å². The van der Waals surface area contributed by atoms with Gasteiger partial charge in [0.1, 0.15) is 0 Å². The summed E-state index contributed by atoms with van der Waals surface area (Å²) in [6.07, 6.45) is 0. The van der Waals surface area contributed by atoms with E-state index in [0.717, 1.165) is 15.1 Å². The molecule has 0 amide bonds. The zero-order chi connectivity index (χ0) is 2.71. The molecule has 4 heavy (non-hydrogen) atoms. The molecular weight excluding hydrogens is 288 g/mol. The van der Waals surface area contributed by atoms with Crippen LogP contribution in [0, 0.1) is 0 Å². The van der Waals surface area contributed by atoms with Crippen LogP contribution in [0.2, 0.25) is 0 Å². The van der Waals surface area contributed by atoms with Gasteiger partial charge in [-0.2, -0.15) is 0 Å². The van der Waals surface area contributed by atoms with E-state index in [1.165, 1.54) is 20.8 Å². The van der Waals surface area contributed by atoms with Gasteiger partial charge in [-0.3, -0.25) is 0 Å². The van der Waals surface area contributed by atoms with E-state index in [2.05, 4.69) is 0 Å². The van der Waals surface area contributed by atoms with Crippen molar-refractivity contribution in [2.24, 2.45) is 0 Å². The molecule has 0 fully saturated rings. The van der Waals surface area contributed by atoms with Gasteiger partial charge in [0.2, 0.25) is 0 Å². The number of hydrogen-bond acceptors (Lipinski definition) is 0. The van der Waals surface area contributed by atoms with Gasteiger partial charge < -0.3 is 0 Å². The summed E-state index contributed by atoms with van der Waals surface area (Å²) < 4.78 is 0. The first-order valence-corrected chi connectivity index (χ1v) is 17.1. The average molecular weight is 296 g/mol. The van der Waals surface area contributed by atoms with Crippen molar-refractivity contribution >= 4 is 61.2 Å². The van der Waals surface area contributed by atoms with Gasteiger partial charge in [-0.05, 0) is 0 Å². The summed E-state index contributed by atoms with van der Waals surface area (Å²) in [4.78, 5) is 0. The molecule has 0 aromatic carbocycles. The molecule has 0 atom stereocenters. The monoisotopic (exact) mass is 296 g/mol. The molecule has 0 unspecified atom stereocenters. The molecule has 0 aliphatic heterocycles. The normalized spacial score (nSPS) is 3.25. The first-order valence-electron chi connectivity index (χ1n) is 1.12. The van der Waals surface area contributed by atoms with E-state index in [1.807, 2.05) is 0 Å². The molecule has 0 saturated heterocycles. The maximum atomic E-state index is 1.58. The summed E-state index contributed by atoms with van der Waals surface area (Å²) in [7, 11) is 1.58. The molecule has 0 saturated carbocycles. The summed E-state index contributed by atoms with van der Waals surface area (Å²) in [6.45, 7) is 0. The molecule has 0 heterocycles. The van der Waals surface area contributed by atoms with Crippen LogP contribution in [-0.2, 0) is 0 Å². The Hall–Kier alpha value is 2.40. The quantitative estimate of drug-likeness (QED) is 0.404. The van der Waals surface area contributed by atoms with Crippen LogP contribution < -0.4 is 0 Å². The topological polar surface area (TPSA) is 0 Å². The second kappa shape index (κ2) is 9.04. The summed E-state index contributed by atoms with van der Waals surface area (Å²) >= 11 is 2.14. The predicted octanol–water partition coefficient (Wildman–Crippen LogP) is -3.66. The third-order valence-corrected chi connectivity index (χ3v) is 0. The van der Waals surface area contributed by atoms with Crippen molar-refractivity contribution in [2.45, 2.75) is 0 Å². The molecule has 0 radical (unpaired) electrons. The van der Waals surface area contributed by atoms with Gasteiger partial charge in [-0.1, -0.05) is 0 Å². The van der Waals surface area contributed by atoms with Gasteiger partial charge in [0, 0.05) is 0 Å². The van der Waals surface area contributed by atoms with Gasteiger partial charge >= 0.3 is 43.8 Å². The van der Waals surface area contributed by atoms with E-state index < -0.39 is 0 Å². The molecule has 22 valence electrons. The Morgan fingerprint density at radius 2 is 1.75 bits per heavy atom. The summed E-state index contributed by atoms with van der Waals surface area (Å²) in [6, 6.07) is 0. The van der Waals surface area contributed by atoms with Crippen LogP contribution in [0.15, 0.2) is 0 Å². The number of hydrogen-bond donors (Lipinski definition) is 0. The van der Waals surface area contributed by atoms with Crippen molar-refractivity contribution < 1.29 is 0 Å². The Balaban J connectivity index is 0. The standard InChI is InChI=1S/Al.Bi.Mg.H3Si.5H/h;;;1H3;;;;;. The van der Waals surface area contributed by atoms with Crippen molar-refractivity contribution in [3.63, 3.8) is 0 Å². The molecule has 0 aromatic heterocycles. The SMILES string of the molecule is [AlH3].[SiH3][Mg][BiH2]. The predicted molar refractivity (Wildman–Crippen MR) is 34.2 cm³/mol. The molecule has 0 aliphatic rings. The minimum absolute atomic E-state index is 0. The summed E-state index contributed by atoms with van der Waals surface area (Å²) in [5.74, 6) is 0. The molecule has 0 N–H and O–H groups in total. The second-order valence-corrected chi connectivity index (χ2v) is 32.2.